The Hall–Kier alpha value is -2.78. The minimum Gasteiger partial charge on any atom is -0.469 e. The van der Waals surface area contributed by atoms with Crippen LogP contribution in [-0.4, -0.2) is 39.0 Å². The Morgan fingerprint density at radius 1 is 1.35 bits per heavy atom. The number of ether oxygens (including phenoxy) is 1. The number of anilines is 1. The molecule has 1 N–H and O–H groups in total. The lowest BCUT2D eigenvalue weighted by Gasteiger charge is -2.05. The molecular formula is C16H14ClN5O3S. The summed E-state index contributed by atoms with van der Waals surface area (Å²) in [5.74, 6) is -0.841. The highest BCUT2D eigenvalue weighted by molar-refractivity contribution is 7.14. The van der Waals surface area contributed by atoms with Crippen molar-refractivity contribution in [3.05, 3.63) is 51.7 Å². The number of carbonyl (C=O) groups excluding carboxylic acids is 2. The second kappa shape index (κ2) is 7.63. The van der Waals surface area contributed by atoms with Crippen molar-refractivity contribution in [2.45, 2.75) is 13.3 Å². The number of carbonyl (C=O) groups is 2. The molecule has 26 heavy (non-hydrogen) atoms. The molecule has 0 spiro atoms. The number of para-hydroxylation sites is 1. The summed E-state index contributed by atoms with van der Waals surface area (Å²) in [5, 5.41) is 13.2. The van der Waals surface area contributed by atoms with E-state index < -0.39 is 11.9 Å². The third-order valence-corrected chi connectivity index (χ3v) is 4.64. The van der Waals surface area contributed by atoms with Crippen LogP contribution >= 0.6 is 22.9 Å². The first kappa shape index (κ1) is 18.0. The van der Waals surface area contributed by atoms with Crippen LogP contribution in [0.1, 0.15) is 21.9 Å². The fraction of sp³-hybridized carbons (Fsp3) is 0.188. The molecule has 0 saturated carbocycles. The third-order valence-electron chi connectivity index (χ3n) is 3.52. The minimum absolute atomic E-state index is 0.0462. The van der Waals surface area contributed by atoms with Crippen LogP contribution in [0.3, 0.4) is 0 Å². The molecule has 3 rings (SSSR count). The molecule has 134 valence electrons. The van der Waals surface area contributed by atoms with E-state index in [-0.39, 0.29) is 12.1 Å². The molecule has 0 aliphatic carbocycles. The van der Waals surface area contributed by atoms with Crippen LogP contribution in [-0.2, 0) is 16.0 Å². The highest BCUT2D eigenvalue weighted by Gasteiger charge is 2.19. The van der Waals surface area contributed by atoms with E-state index in [4.69, 9.17) is 11.6 Å². The molecule has 1 aromatic carbocycles. The third kappa shape index (κ3) is 3.73. The van der Waals surface area contributed by atoms with Gasteiger partial charge in [-0.15, -0.1) is 16.4 Å². The molecule has 0 radical (unpaired) electrons. The van der Waals surface area contributed by atoms with Gasteiger partial charge in [0.05, 0.1) is 35.6 Å². The highest BCUT2D eigenvalue weighted by atomic mass is 35.5. The van der Waals surface area contributed by atoms with Gasteiger partial charge >= 0.3 is 5.97 Å². The summed E-state index contributed by atoms with van der Waals surface area (Å²) < 4.78 is 6.09. The molecule has 10 heteroatoms. The van der Waals surface area contributed by atoms with Crippen LogP contribution in [0, 0.1) is 6.92 Å². The van der Waals surface area contributed by atoms with Gasteiger partial charge in [0.1, 0.15) is 0 Å². The lowest BCUT2D eigenvalue weighted by Crippen LogP contribution is -2.14. The molecule has 0 saturated heterocycles. The molecule has 0 fully saturated rings. The number of nitrogens with one attached hydrogen (secondary N) is 1. The maximum Gasteiger partial charge on any atom is 0.311 e. The van der Waals surface area contributed by atoms with Gasteiger partial charge in [0.2, 0.25) is 0 Å². The quantitative estimate of drug-likeness (QED) is 0.671. The Kier molecular flexibility index (Phi) is 5.29. The Morgan fingerprint density at radius 3 is 2.85 bits per heavy atom. The highest BCUT2D eigenvalue weighted by Crippen LogP contribution is 2.22. The average Bonchev–Trinajstić information content (AvgIpc) is 3.21. The first-order valence-electron chi connectivity index (χ1n) is 7.49. The van der Waals surface area contributed by atoms with Crippen molar-refractivity contribution in [1.29, 1.82) is 0 Å². The van der Waals surface area contributed by atoms with Crippen molar-refractivity contribution in [3.63, 3.8) is 0 Å². The van der Waals surface area contributed by atoms with Gasteiger partial charge in [-0.2, -0.15) is 0 Å². The van der Waals surface area contributed by atoms with E-state index in [0.717, 1.165) is 0 Å². The molecule has 0 bridgehead atoms. The van der Waals surface area contributed by atoms with Crippen molar-refractivity contribution >= 4 is 39.9 Å². The molecule has 0 unspecified atom stereocenters. The number of nitrogens with zero attached hydrogens (tertiary/aromatic N) is 4. The SMILES string of the molecule is COC(=O)Cc1csc(NC(=O)c2nnn(-c3ccccc3Cl)c2C)n1. The Labute approximate surface area is 157 Å². The standard InChI is InChI=1S/C16H14ClN5O3S/c1-9-14(20-21-22(9)12-6-4-3-5-11(12)17)15(24)19-16-18-10(8-26-16)7-13(23)25-2/h3-6,8H,7H2,1-2H3,(H,18,19,24). The van der Waals surface area contributed by atoms with E-state index in [1.165, 1.54) is 23.1 Å². The molecule has 2 heterocycles. The zero-order valence-corrected chi connectivity index (χ0v) is 15.5. The molecule has 2 aromatic heterocycles. The number of esters is 1. The number of hydrogen-bond donors (Lipinski definition) is 1. The van der Waals surface area contributed by atoms with E-state index in [9.17, 15) is 9.59 Å². The van der Waals surface area contributed by atoms with Crippen LogP contribution in [0.2, 0.25) is 5.02 Å². The van der Waals surface area contributed by atoms with Gasteiger partial charge in [-0.25, -0.2) is 9.67 Å². The van der Waals surface area contributed by atoms with Crippen LogP contribution in [0.4, 0.5) is 5.13 Å². The summed E-state index contributed by atoms with van der Waals surface area (Å²) in [6, 6.07) is 7.14. The molecule has 8 nitrogen and oxygen atoms in total. The number of halogens is 1. The predicted octanol–water partition coefficient (Wildman–Crippen LogP) is 2.65. The molecular weight excluding hydrogens is 378 g/mol. The van der Waals surface area contributed by atoms with E-state index in [1.807, 2.05) is 6.07 Å². The van der Waals surface area contributed by atoms with Crippen molar-refractivity contribution < 1.29 is 14.3 Å². The van der Waals surface area contributed by atoms with E-state index in [1.54, 1.807) is 30.5 Å². The lowest BCUT2D eigenvalue weighted by molar-refractivity contribution is -0.139. The number of aromatic nitrogens is 4. The largest absolute Gasteiger partial charge is 0.469 e. The molecule has 1 amide bonds. The molecule has 0 atom stereocenters. The van der Waals surface area contributed by atoms with Crippen LogP contribution in [0.5, 0.6) is 0 Å². The van der Waals surface area contributed by atoms with Crippen molar-refractivity contribution in [2.75, 3.05) is 12.4 Å². The summed E-state index contributed by atoms with van der Waals surface area (Å²) in [5.41, 5.74) is 1.86. The second-order valence-electron chi connectivity index (χ2n) is 5.24. The summed E-state index contributed by atoms with van der Waals surface area (Å²) >= 11 is 7.38. The van der Waals surface area contributed by atoms with Gasteiger partial charge in [-0.1, -0.05) is 28.9 Å². The van der Waals surface area contributed by atoms with Crippen LogP contribution < -0.4 is 5.32 Å². The topological polar surface area (TPSA) is 99.0 Å². The van der Waals surface area contributed by atoms with Gasteiger partial charge in [-0.05, 0) is 19.1 Å². The van der Waals surface area contributed by atoms with Gasteiger partial charge in [-0.3, -0.25) is 14.9 Å². The smallest absolute Gasteiger partial charge is 0.311 e. The maximum atomic E-state index is 12.5. The van der Waals surface area contributed by atoms with Gasteiger partial charge in [0.15, 0.2) is 10.8 Å². The number of rotatable bonds is 5. The average molecular weight is 392 g/mol. The first-order valence-corrected chi connectivity index (χ1v) is 8.75. The monoisotopic (exact) mass is 391 g/mol. The fourth-order valence-corrected chi connectivity index (χ4v) is 3.13. The van der Waals surface area contributed by atoms with Crippen LogP contribution in [0.15, 0.2) is 29.6 Å². The van der Waals surface area contributed by atoms with E-state index >= 15 is 0 Å². The lowest BCUT2D eigenvalue weighted by atomic mass is 10.3. The van der Waals surface area contributed by atoms with Crippen molar-refractivity contribution in [2.24, 2.45) is 0 Å². The van der Waals surface area contributed by atoms with Crippen molar-refractivity contribution in [3.8, 4) is 5.69 Å². The summed E-state index contributed by atoms with van der Waals surface area (Å²) in [7, 11) is 1.31. The minimum atomic E-state index is -0.445. The predicted molar refractivity (Wildman–Crippen MR) is 96.9 cm³/mol. The van der Waals surface area contributed by atoms with Crippen molar-refractivity contribution in [1.82, 2.24) is 20.0 Å². The number of thiazole rings is 1. The number of benzene rings is 1. The Morgan fingerprint density at radius 2 is 2.12 bits per heavy atom. The van der Waals surface area contributed by atoms with Crippen LogP contribution in [0.25, 0.3) is 5.69 Å². The second-order valence-corrected chi connectivity index (χ2v) is 6.50. The van der Waals surface area contributed by atoms with Gasteiger partial charge in [0.25, 0.3) is 5.91 Å². The number of methoxy groups -OCH3 is 1. The molecule has 3 aromatic rings. The normalized spacial score (nSPS) is 10.6. The molecule has 0 aliphatic heterocycles. The zero-order chi connectivity index (χ0) is 18.7. The summed E-state index contributed by atoms with van der Waals surface area (Å²) in [4.78, 5) is 27.9. The Bertz CT molecular complexity index is 968. The van der Waals surface area contributed by atoms with Gasteiger partial charge < -0.3 is 4.74 Å². The van der Waals surface area contributed by atoms with Gasteiger partial charge in [0, 0.05) is 5.38 Å². The first-order chi connectivity index (χ1) is 12.5. The summed E-state index contributed by atoms with van der Waals surface area (Å²) in [6.45, 7) is 1.72. The van der Waals surface area contributed by atoms with E-state index in [0.29, 0.717) is 27.2 Å². The zero-order valence-electron chi connectivity index (χ0n) is 13.9. The summed E-state index contributed by atoms with van der Waals surface area (Å²) in [6.07, 6.45) is 0.0462. The fourth-order valence-electron chi connectivity index (χ4n) is 2.21. The Balaban J connectivity index is 1.77. The number of hydrogen-bond acceptors (Lipinski definition) is 7. The molecule has 0 aliphatic rings. The maximum absolute atomic E-state index is 12.5. The number of amides is 1. The van der Waals surface area contributed by atoms with E-state index in [2.05, 4.69) is 25.3 Å².